The number of nitrogens with zero attached hydrogens (tertiary/aromatic N) is 3. The van der Waals surface area contributed by atoms with E-state index in [0.717, 1.165) is 31.9 Å². The van der Waals surface area contributed by atoms with Crippen LogP contribution in [-0.4, -0.2) is 41.1 Å². The predicted molar refractivity (Wildman–Crippen MR) is 89.2 cm³/mol. The second kappa shape index (κ2) is 6.93. The summed E-state index contributed by atoms with van der Waals surface area (Å²) in [4.78, 5) is 12.1. The van der Waals surface area contributed by atoms with Crippen molar-refractivity contribution >= 4 is 23.1 Å². The number of thiophene rings is 1. The molecule has 0 aliphatic carbocycles. The molecule has 6 nitrogen and oxygen atoms in total. The standard InChI is InChI=1S/C15H21N5OS/c1-21-14-8-13(18-15(16)19-14)17-11-4-2-6-20(9-11)10-12-5-3-7-22-12/h3,5,7-8,11H,2,4,6,9-10H2,1H3,(H3,16,17,18,19). The van der Waals surface area contributed by atoms with Crippen molar-refractivity contribution in [1.82, 2.24) is 14.9 Å². The Hall–Kier alpha value is -1.86. The number of methoxy groups -OCH3 is 1. The van der Waals surface area contributed by atoms with Gasteiger partial charge in [-0.15, -0.1) is 11.3 Å². The number of nitrogen functional groups attached to an aromatic ring is 1. The van der Waals surface area contributed by atoms with Gasteiger partial charge in [-0.25, -0.2) is 0 Å². The highest BCUT2D eigenvalue weighted by Crippen LogP contribution is 2.20. The number of anilines is 2. The van der Waals surface area contributed by atoms with Crippen LogP contribution in [0.3, 0.4) is 0 Å². The van der Waals surface area contributed by atoms with E-state index < -0.39 is 0 Å². The average molecular weight is 319 g/mol. The zero-order valence-electron chi connectivity index (χ0n) is 12.7. The molecule has 22 heavy (non-hydrogen) atoms. The molecular weight excluding hydrogens is 298 g/mol. The van der Waals surface area contributed by atoms with E-state index in [4.69, 9.17) is 10.5 Å². The maximum absolute atomic E-state index is 5.71. The lowest BCUT2D eigenvalue weighted by molar-refractivity contribution is 0.210. The van der Waals surface area contributed by atoms with Crippen molar-refractivity contribution in [1.29, 1.82) is 0 Å². The molecule has 1 aliphatic heterocycles. The average Bonchev–Trinajstić information content (AvgIpc) is 3.00. The maximum atomic E-state index is 5.71. The molecule has 3 heterocycles. The minimum Gasteiger partial charge on any atom is -0.481 e. The molecule has 0 bridgehead atoms. The van der Waals surface area contributed by atoms with Crippen molar-refractivity contribution in [3.05, 3.63) is 28.5 Å². The summed E-state index contributed by atoms with van der Waals surface area (Å²) in [7, 11) is 1.58. The second-order valence-electron chi connectivity index (χ2n) is 5.45. The van der Waals surface area contributed by atoms with E-state index in [1.807, 2.05) is 11.3 Å². The number of likely N-dealkylation sites (tertiary alicyclic amines) is 1. The van der Waals surface area contributed by atoms with Crippen molar-refractivity contribution in [3.8, 4) is 5.88 Å². The van der Waals surface area contributed by atoms with Gasteiger partial charge < -0.3 is 15.8 Å². The van der Waals surface area contributed by atoms with Gasteiger partial charge >= 0.3 is 0 Å². The van der Waals surface area contributed by atoms with Gasteiger partial charge in [0.1, 0.15) is 5.82 Å². The van der Waals surface area contributed by atoms with E-state index in [9.17, 15) is 0 Å². The molecule has 3 N–H and O–H groups in total. The van der Waals surface area contributed by atoms with Gasteiger partial charge in [0.2, 0.25) is 11.8 Å². The highest BCUT2D eigenvalue weighted by atomic mass is 32.1. The highest BCUT2D eigenvalue weighted by molar-refractivity contribution is 7.09. The fraction of sp³-hybridized carbons (Fsp3) is 0.467. The van der Waals surface area contributed by atoms with Crippen LogP contribution in [-0.2, 0) is 6.54 Å². The number of nitrogens with one attached hydrogen (secondary N) is 1. The summed E-state index contributed by atoms with van der Waals surface area (Å²) < 4.78 is 5.14. The lowest BCUT2D eigenvalue weighted by Gasteiger charge is -2.33. The van der Waals surface area contributed by atoms with E-state index in [2.05, 4.69) is 37.7 Å². The summed E-state index contributed by atoms with van der Waals surface area (Å²) in [5.41, 5.74) is 5.71. The van der Waals surface area contributed by atoms with E-state index in [0.29, 0.717) is 11.9 Å². The Morgan fingerprint density at radius 3 is 3.18 bits per heavy atom. The third-order valence-electron chi connectivity index (χ3n) is 3.75. The normalized spacial score (nSPS) is 19.0. The fourth-order valence-corrected chi connectivity index (χ4v) is 3.52. The first-order valence-electron chi connectivity index (χ1n) is 7.43. The quantitative estimate of drug-likeness (QED) is 0.880. The highest BCUT2D eigenvalue weighted by Gasteiger charge is 2.20. The molecule has 0 amide bonds. The second-order valence-corrected chi connectivity index (χ2v) is 6.48. The molecule has 2 aromatic rings. The molecule has 0 spiro atoms. The minimum absolute atomic E-state index is 0.230. The molecule has 1 unspecified atom stereocenters. The van der Waals surface area contributed by atoms with Crippen molar-refractivity contribution in [2.45, 2.75) is 25.4 Å². The van der Waals surface area contributed by atoms with Crippen LogP contribution in [0.4, 0.5) is 11.8 Å². The van der Waals surface area contributed by atoms with E-state index in [1.54, 1.807) is 13.2 Å². The number of piperidine rings is 1. The van der Waals surface area contributed by atoms with Crippen LogP contribution in [0.2, 0.25) is 0 Å². The van der Waals surface area contributed by atoms with E-state index in [-0.39, 0.29) is 5.95 Å². The predicted octanol–water partition coefficient (Wildman–Crippen LogP) is 2.21. The van der Waals surface area contributed by atoms with Crippen LogP contribution < -0.4 is 15.8 Å². The first kappa shape index (κ1) is 15.1. The third kappa shape index (κ3) is 3.86. The topological polar surface area (TPSA) is 76.3 Å². The molecule has 3 rings (SSSR count). The first-order valence-corrected chi connectivity index (χ1v) is 8.31. The Kier molecular flexibility index (Phi) is 4.74. The van der Waals surface area contributed by atoms with Gasteiger partial charge in [-0.2, -0.15) is 9.97 Å². The number of aromatic nitrogens is 2. The van der Waals surface area contributed by atoms with Crippen molar-refractivity contribution < 1.29 is 4.74 Å². The third-order valence-corrected chi connectivity index (χ3v) is 4.61. The van der Waals surface area contributed by atoms with Crippen LogP contribution in [0.15, 0.2) is 23.6 Å². The van der Waals surface area contributed by atoms with Crippen molar-refractivity contribution in [2.75, 3.05) is 31.2 Å². The summed E-state index contributed by atoms with van der Waals surface area (Å²) in [5.74, 6) is 1.45. The molecule has 118 valence electrons. The lowest BCUT2D eigenvalue weighted by Crippen LogP contribution is -2.41. The first-order chi connectivity index (χ1) is 10.7. The Morgan fingerprint density at radius 2 is 2.41 bits per heavy atom. The largest absolute Gasteiger partial charge is 0.481 e. The zero-order valence-corrected chi connectivity index (χ0v) is 13.5. The van der Waals surface area contributed by atoms with Gasteiger partial charge in [0, 0.05) is 30.1 Å². The number of hydrogen-bond donors (Lipinski definition) is 2. The summed E-state index contributed by atoms with van der Waals surface area (Å²) >= 11 is 1.81. The van der Waals surface area contributed by atoms with Crippen LogP contribution in [0, 0.1) is 0 Å². The molecule has 2 aromatic heterocycles. The smallest absolute Gasteiger partial charge is 0.225 e. The summed E-state index contributed by atoms with van der Waals surface area (Å²) in [6.45, 7) is 3.17. The number of rotatable bonds is 5. The van der Waals surface area contributed by atoms with Crippen LogP contribution >= 0.6 is 11.3 Å². The Balaban J connectivity index is 1.61. The minimum atomic E-state index is 0.230. The Morgan fingerprint density at radius 1 is 1.50 bits per heavy atom. The van der Waals surface area contributed by atoms with E-state index in [1.165, 1.54) is 11.3 Å². The van der Waals surface area contributed by atoms with Gasteiger partial charge in [0.05, 0.1) is 7.11 Å². The van der Waals surface area contributed by atoms with Gasteiger partial charge in [0.15, 0.2) is 0 Å². The van der Waals surface area contributed by atoms with Gasteiger partial charge in [-0.05, 0) is 30.8 Å². The molecule has 0 aromatic carbocycles. The lowest BCUT2D eigenvalue weighted by atomic mass is 10.1. The Bertz CT molecular complexity index is 604. The fourth-order valence-electron chi connectivity index (χ4n) is 2.77. The summed E-state index contributed by atoms with van der Waals surface area (Å²) in [6, 6.07) is 6.45. The summed E-state index contributed by atoms with van der Waals surface area (Å²) in [6.07, 6.45) is 2.31. The molecule has 1 atom stereocenters. The maximum Gasteiger partial charge on any atom is 0.225 e. The van der Waals surface area contributed by atoms with Crippen LogP contribution in [0.25, 0.3) is 0 Å². The molecule has 1 aliphatic rings. The van der Waals surface area contributed by atoms with E-state index >= 15 is 0 Å². The molecular formula is C15H21N5OS. The van der Waals surface area contributed by atoms with Crippen LogP contribution in [0.5, 0.6) is 5.88 Å². The molecule has 0 radical (unpaired) electrons. The zero-order chi connectivity index (χ0) is 15.4. The van der Waals surface area contributed by atoms with Crippen molar-refractivity contribution in [2.24, 2.45) is 0 Å². The van der Waals surface area contributed by atoms with Gasteiger partial charge in [0.25, 0.3) is 0 Å². The van der Waals surface area contributed by atoms with Gasteiger partial charge in [-0.3, -0.25) is 4.90 Å². The number of ether oxygens (including phenoxy) is 1. The van der Waals surface area contributed by atoms with Crippen LogP contribution in [0.1, 0.15) is 17.7 Å². The number of hydrogen-bond acceptors (Lipinski definition) is 7. The van der Waals surface area contributed by atoms with Crippen molar-refractivity contribution in [3.63, 3.8) is 0 Å². The molecule has 1 saturated heterocycles. The summed E-state index contributed by atoms with van der Waals surface area (Å²) in [5, 5.41) is 5.59. The SMILES string of the molecule is COc1cc(NC2CCCN(Cc3cccs3)C2)nc(N)n1. The number of nitrogens with two attached hydrogens (primary N) is 1. The Labute approximate surface area is 134 Å². The molecule has 1 fully saturated rings. The monoisotopic (exact) mass is 319 g/mol. The van der Waals surface area contributed by atoms with Gasteiger partial charge in [-0.1, -0.05) is 6.07 Å². The molecule has 0 saturated carbocycles. The molecule has 7 heteroatoms.